The molecule has 0 saturated heterocycles. The molecule has 0 aliphatic rings. The largest absolute Gasteiger partial charge is 0.373 e. The van der Waals surface area contributed by atoms with Gasteiger partial charge in [-0.05, 0) is 30.0 Å². The molecule has 1 atom stereocenters. The Morgan fingerprint density at radius 3 is 2.69 bits per heavy atom. The molecule has 0 aromatic heterocycles. The maximum absolute atomic E-state index is 5.91. The van der Waals surface area contributed by atoms with E-state index in [1.165, 1.54) is 5.56 Å². The summed E-state index contributed by atoms with van der Waals surface area (Å²) in [5, 5.41) is 0. The Morgan fingerprint density at radius 1 is 1.38 bits per heavy atom. The van der Waals surface area contributed by atoms with E-state index >= 15 is 0 Å². The van der Waals surface area contributed by atoms with Crippen LogP contribution in [0.1, 0.15) is 31.9 Å². The van der Waals surface area contributed by atoms with Crippen LogP contribution in [0.15, 0.2) is 28.7 Å². The van der Waals surface area contributed by atoms with E-state index in [1.54, 1.807) is 0 Å². The highest BCUT2D eigenvalue weighted by Crippen LogP contribution is 2.23. The number of alkyl halides is 1. The first-order valence-electron chi connectivity index (χ1n) is 5.56. The van der Waals surface area contributed by atoms with E-state index in [2.05, 4.69) is 70.6 Å². The smallest absolute Gasteiger partial charge is 0.0914 e. The van der Waals surface area contributed by atoms with E-state index in [1.807, 2.05) is 6.07 Å². The predicted octanol–water partition coefficient (Wildman–Crippen LogP) is 4.99. The lowest BCUT2D eigenvalue weighted by atomic mass is 10.1. The fourth-order valence-electron chi connectivity index (χ4n) is 1.38. The summed E-state index contributed by atoms with van der Waals surface area (Å²) in [4.78, 5) is 0. The molecular formula is C13H18BrIO. The van der Waals surface area contributed by atoms with Crippen molar-refractivity contribution in [2.45, 2.75) is 26.4 Å². The van der Waals surface area contributed by atoms with Gasteiger partial charge in [0.05, 0.1) is 6.10 Å². The SMILES string of the molecule is CC(C)CCOC(CI)c1cccc(Br)c1. The monoisotopic (exact) mass is 396 g/mol. The Morgan fingerprint density at radius 2 is 2.12 bits per heavy atom. The predicted molar refractivity (Wildman–Crippen MR) is 81.2 cm³/mol. The topological polar surface area (TPSA) is 9.23 Å². The molecule has 0 bridgehead atoms. The first-order chi connectivity index (χ1) is 7.63. The van der Waals surface area contributed by atoms with Crippen molar-refractivity contribution in [2.24, 2.45) is 5.92 Å². The molecule has 0 N–H and O–H groups in total. The molecule has 1 unspecified atom stereocenters. The van der Waals surface area contributed by atoms with Crippen molar-refractivity contribution in [3.8, 4) is 0 Å². The van der Waals surface area contributed by atoms with Crippen LogP contribution in [-0.4, -0.2) is 11.0 Å². The molecule has 3 heteroatoms. The molecule has 0 amide bonds. The number of benzene rings is 1. The lowest BCUT2D eigenvalue weighted by molar-refractivity contribution is 0.0633. The van der Waals surface area contributed by atoms with E-state index in [9.17, 15) is 0 Å². The number of ether oxygens (including phenoxy) is 1. The summed E-state index contributed by atoms with van der Waals surface area (Å²) in [7, 11) is 0. The van der Waals surface area contributed by atoms with E-state index < -0.39 is 0 Å². The van der Waals surface area contributed by atoms with Gasteiger partial charge in [0, 0.05) is 15.5 Å². The number of rotatable bonds is 6. The second kappa shape index (κ2) is 7.67. The minimum absolute atomic E-state index is 0.219. The fraction of sp³-hybridized carbons (Fsp3) is 0.538. The zero-order chi connectivity index (χ0) is 12.0. The van der Waals surface area contributed by atoms with Gasteiger partial charge in [-0.25, -0.2) is 0 Å². The van der Waals surface area contributed by atoms with Crippen molar-refractivity contribution in [2.75, 3.05) is 11.0 Å². The van der Waals surface area contributed by atoms with Crippen LogP contribution in [0, 0.1) is 5.92 Å². The third-order valence-electron chi connectivity index (χ3n) is 2.37. The summed E-state index contributed by atoms with van der Waals surface area (Å²) in [6, 6.07) is 8.37. The molecule has 0 aliphatic heterocycles. The minimum Gasteiger partial charge on any atom is -0.373 e. The van der Waals surface area contributed by atoms with Crippen molar-refractivity contribution in [1.29, 1.82) is 0 Å². The molecule has 0 spiro atoms. The van der Waals surface area contributed by atoms with Crippen LogP contribution in [0.3, 0.4) is 0 Å². The molecule has 0 fully saturated rings. The lowest BCUT2D eigenvalue weighted by Gasteiger charge is -2.17. The lowest BCUT2D eigenvalue weighted by Crippen LogP contribution is -2.08. The van der Waals surface area contributed by atoms with Crippen LogP contribution in [-0.2, 0) is 4.74 Å². The van der Waals surface area contributed by atoms with Gasteiger partial charge in [0.15, 0.2) is 0 Å². The average Bonchev–Trinajstić information content (AvgIpc) is 2.24. The minimum atomic E-state index is 0.219. The summed E-state index contributed by atoms with van der Waals surface area (Å²) < 4.78 is 8.03. The zero-order valence-corrected chi connectivity index (χ0v) is 13.5. The highest BCUT2D eigenvalue weighted by Gasteiger charge is 2.10. The Bertz CT molecular complexity index is 315. The molecule has 0 heterocycles. The molecule has 0 saturated carbocycles. The van der Waals surface area contributed by atoms with Gasteiger partial charge in [-0.2, -0.15) is 0 Å². The van der Waals surface area contributed by atoms with Gasteiger partial charge in [0.25, 0.3) is 0 Å². The highest BCUT2D eigenvalue weighted by atomic mass is 127. The quantitative estimate of drug-likeness (QED) is 0.486. The van der Waals surface area contributed by atoms with Gasteiger partial charge >= 0.3 is 0 Å². The van der Waals surface area contributed by atoms with Gasteiger partial charge in [0.2, 0.25) is 0 Å². The van der Waals surface area contributed by atoms with Gasteiger partial charge in [-0.3, -0.25) is 0 Å². The second-order valence-electron chi connectivity index (χ2n) is 4.25. The van der Waals surface area contributed by atoms with Crippen LogP contribution in [0.25, 0.3) is 0 Å². The zero-order valence-electron chi connectivity index (χ0n) is 9.75. The van der Waals surface area contributed by atoms with E-state index in [4.69, 9.17) is 4.74 Å². The van der Waals surface area contributed by atoms with Crippen LogP contribution in [0.5, 0.6) is 0 Å². The Hall–Kier alpha value is 0.390. The van der Waals surface area contributed by atoms with Gasteiger partial charge in [-0.15, -0.1) is 0 Å². The Kier molecular flexibility index (Phi) is 6.92. The maximum Gasteiger partial charge on any atom is 0.0914 e. The standard InChI is InChI=1S/C13H18BrIO/c1-10(2)6-7-16-13(9-15)11-4-3-5-12(14)8-11/h3-5,8,10,13H,6-7,9H2,1-2H3. The molecule has 1 nitrogen and oxygen atoms in total. The van der Waals surface area contributed by atoms with Crippen molar-refractivity contribution >= 4 is 38.5 Å². The third-order valence-corrected chi connectivity index (χ3v) is 3.67. The molecule has 1 rings (SSSR count). The third kappa shape index (κ3) is 5.15. The summed E-state index contributed by atoms with van der Waals surface area (Å²) in [6.07, 6.45) is 1.35. The number of hydrogen-bond donors (Lipinski definition) is 0. The Balaban J connectivity index is 2.53. The average molecular weight is 397 g/mol. The molecule has 1 aromatic rings. The van der Waals surface area contributed by atoms with Crippen molar-refractivity contribution in [1.82, 2.24) is 0 Å². The molecule has 1 aromatic carbocycles. The number of halogens is 2. The van der Waals surface area contributed by atoms with E-state index in [0.717, 1.165) is 21.9 Å². The fourth-order valence-corrected chi connectivity index (χ4v) is 2.56. The molecule has 0 radical (unpaired) electrons. The molecule has 90 valence electrons. The summed E-state index contributed by atoms with van der Waals surface area (Å²) >= 11 is 5.87. The van der Waals surface area contributed by atoms with Crippen molar-refractivity contribution < 1.29 is 4.74 Å². The normalized spacial score (nSPS) is 13.1. The van der Waals surface area contributed by atoms with Crippen molar-refractivity contribution in [3.63, 3.8) is 0 Å². The van der Waals surface area contributed by atoms with E-state index in [-0.39, 0.29) is 6.10 Å². The van der Waals surface area contributed by atoms with Crippen LogP contribution >= 0.6 is 38.5 Å². The Labute approximate surface area is 120 Å². The van der Waals surface area contributed by atoms with Gasteiger partial charge in [0.1, 0.15) is 0 Å². The first kappa shape index (κ1) is 14.5. The van der Waals surface area contributed by atoms with Crippen LogP contribution < -0.4 is 0 Å². The molecule has 0 aliphatic carbocycles. The number of hydrogen-bond acceptors (Lipinski definition) is 1. The van der Waals surface area contributed by atoms with Crippen LogP contribution in [0.4, 0.5) is 0 Å². The summed E-state index contributed by atoms with van der Waals surface area (Å²) in [6.45, 7) is 5.29. The van der Waals surface area contributed by atoms with Crippen LogP contribution in [0.2, 0.25) is 0 Å². The summed E-state index contributed by atoms with van der Waals surface area (Å²) in [5.74, 6) is 0.706. The van der Waals surface area contributed by atoms with Gasteiger partial charge < -0.3 is 4.74 Å². The highest BCUT2D eigenvalue weighted by molar-refractivity contribution is 14.1. The van der Waals surface area contributed by atoms with E-state index in [0.29, 0.717) is 5.92 Å². The van der Waals surface area contributed by atoms with Gasteiger partial charge in [-0.1, -0.05) is 64.5 Å². The first-order valence-corrected chi connectivity index (χ1v) is 7.88. The van der Waals surface area contributed by atoms with Crippen molar-refractivity contribution in [3.05, 3.63) is 34.3 Å². The molecule has 16 heavy (non-hydrogen) atoms. The summed E-state index contributed by atoms with van der Waals surface area (Å²) in [5.41, 5.74) is 1.26. The second-order valence-corrected chi connectivity index (χ2v) is 6.05. The maximum atomic E-state index is 5.91. The molecular weight excluding hydrogens is 379 g/mol.